The third-order valence-electron chi connectivity index (χ3n) is 6.92. The Balaban J connectivity index is 1.24. The van der Waals surface area contributed by atoms with Crippen LogP contribution in [0.25, 0.3) is 0 Å². The number of nitrogens with zero attached hydrogens (tertiary/aromatic N) is 2. The molecular formula is C26H31F3N4O3. The number of carboxylic acid groups (broad SMARTS) is 1. The lowest BCUT2D eigenvalue weighted by Gasteiger charge is -2.20. The maximum atomic E-state index is 12.9. The van der Waals surface area contributed by atoms with Crippen LogP contribution in [0.5, 0.6) is 0 Å². The molecule has 7 nitrogen and oxygen atoms in total. The first-order valence-electron chi connectivity index (χ1n) is 12.3. The van der Waals surface area contributed by atoms with Crippen LogP contribution < -0.4 is 10.6 Å². The van der Waals surface area contributed by atoms with Crippen molar-refractivity contribution in [2.75, 3.05) is 31.5 Å². The molecule has 4 rings (SSSR count). The quantitative estimate of drug-likeness (QED) is 0.478. The smallest absolute Gasteiger partial charge is 0.416 e. The van der Waals surface area contributed by atoms with Gasteiger partial charge in [0, 0.05) is 30.9 Å². The molecule has 2 aromatic rings. The maximum Gasteiger partial charge on any atom is 0.416 e. The number of carbonyl (C=O) groups is 2. The zero-order valence-corrected chi connectivity index (χ0v) is 20.0. The molecule has 2 aliphatic rings. The molecule has 0 bridgehead atoms. The van der Waals surface area contributed by atoms with E-state index < -0.39 is 29.7 Å². The molecule has 1 aromatic heterocycles. The topological polar surface area (TPSA) is 94.6 Å². The van der Waals surface area contributed by atoms with E-state index in [0.717, 1.165) is 81.4 Å². The number of carboxylic acids is 1. The third-order valence-corrected chi connectivity index (χ3v) is 6.92. The van der Waals surface area contributed by atoms with Gasteiger partial charge in [-0.2, -0.15) is 13.2 Å². The average Bonchev–Trinajstić information content (AvgIpc) is 3.32. The summed E-state index contributed by atoms with van der Waals surface area (Å²) in [6, 6.07) is 7.04. The molecular weight excluding hydrogens is 473 g/mol. The Kier molecular flexibility index (Phi) is 8.13. The van der Waals surface area contributed by atoms with E-state index in [9.17, 15) is 27.9 Å². The molecule has 2 atom stereocenters. The summed E-state index contributed by atoms with van der Waals surface area (Å²) in [5.41, 5.74) is 1.17. The second kappa shape index (κ2) is 11.3. The number of amides is 1. The molecule has 0 radical (unpaired) electrons. The highest BCUT2D eigenvalue weighted by atomic mass is 19.4. The van der Waals surface area contributed by atoms with Gasteiger partial charge in [-0.15, -0.1) is 0 Å². The molecule has 3 N–H and O–H groups in total. The largest absolute Gasteiger partial charge is 0.480 e. The molecule has 0 saturated carbocycles. The van der Waals surface area contributed by atoms with Gasteiger partial charge in [0.25, 0.3) is 5.91 Å². The molecule has 1 fully saturated rings. The van der Waals surface area contributed by atoms with Crippen molar-refractivity contribution in [3.05, 3.63) is 58.8 Å². The highest BCUT2D eigenvalue weighted by molar-refractivity contribution is 5.96. The number of benzene rings is 1. The fourth-order valence-electron chi connectivity index (χ4n) is 4.86. The Morgan fingerprint density at radius 1 is 1.25 bits per heavy atom. The molecule has 1 amide bonds. The van der Waals surface area contributed by atoms with E-state index in [1.54, 1.807) is 0 Å². The number of alkyl halides is 3. The average molecular weight is 505 g/mol. The van der Waals surface area contributed by atoms with Crippen LogP contribution in [-0.2, 0) is 23.8 Å². The molecule has 1 aromatic carbocycles. The zero-order valence-electron chi connectivity index (χ0n) is 20.0. The maximum absolute atomic E-state index is 12.9. The molecule has 0 unspecified atom stereocenters. The van der Waals surface area contributed by atoms with Crippen molar-refractivity contribution >= 4 is 17.7 Å². The van der Waals surface area contributed by atoms with E-state index in [1.165, 1.54) is 11.6 Å². The van der Waals surface area contributed by atoms with E-state index in [1.807, 2.05) is 0 Å². The molecule has 36 heavy (non-hydrogen) atoms. The number of aromatic nitrogens is 1. The van der Waals surface area contributed by atoms with E-state index in [-0.39, 0.29) is 12.0 Å². The lowest BCUT2D eigenvalue weighted by molar-refractivity contribution is -0.139. The van der Waals surface area contributed by atoms with Gasteiger partial charge in [-0.25, -0.2) is 9.78 Å². The summed E-state index contributed by atoms with van der Waals surface area (Å²) in [4.78, 5) is 31.1. The lowest BCUT2D eigenvalue weighted by Crippen LogP contribution is -2.43. The number of aryl methyl sites for hydroxylation is 2. The van der Waals surface area contributed by atoms with Gasteiger partial charge in [0.1, 0.15) is 11.9 Å². The number of aliphatic carboxylic acids is 1. The zero-order chi connectivity index (χ0) is 25.7. The standard InChI is InChI=1S/C26H31F3N4O3/c27-26(28,29)20-5-1-3-19(15-20)24(34)32-22(25(35)36)11-14-33-13-10-17(16-33)6-8-21-9-7-18-4-2-12-30-23(18)31-21/h1,3,5,7,9,15,17,22H,2,4,6,8,10-14,16H2,(H,30,31)(H,32,34)(H,35,36)/t17-,22+/m1/s1. The van der Waals surface area contributed by atoms with Gasteiger partial charge in [0.05, 0.1) is 5.56 Å². The summed E-state index contributed by atoms with van der Waals surface area (Å²) in [5, 5.41) is 15.3. The van der Waals surface area contributed by atoms with Crippen molar-refractivity contribution in [3.63, 3.8) is 0 Å². The van der Waals surface area contributed by atoms with Crippen LogP contribution >= 0.6 is 0 Å². The first-order valence-corrected chi connectivity index (χ1v) is 12.3. The summed E-state index contributed by atoms with van der Waals surface area (Å²) < 4.78 is 38.8. The second-order valence-electron chi connectivity index (χ2n) is 9.57. The van der Waals surface area contributed by atoms with Crippen LogP contribution in [0.4, 0.5) is 19.0 Å². The molecule has 10 heteroatoms. The number of carbonyl (C=O) groups excluding carboxylic acids is 1. The summed E-state index contributed by atoms with van der Waals surface area (Å²) in [7, 11) is 0. The van der Waals surface area contributed by atoms with Crippen molar-refractivity contribution in [2.45, 2.75) is 50.7 Å². The van der Waals surface area contributed by atoms with E-state index >= 15 is 0 Å². The number of nitrogens with one attached hydrogen (secondary N) is 2. The molecule has 0 aliphatic carbocycles. The minimum absolute atomic E-state index is 0.171. The fourth-order valence-corrected chi connectivity index (χ4v) is 4.86. The number of anilines is 1. The number of rotatable bonds is 9. The summed E-state index contributed by atoms with van der Waals surface area (Å²) in [6.45, 7) is 3.13. The van der Waals surface area contributed by atoms with Crippen LogP contribution in [0.3, 0.4) is 0 Å². The molecule has 2 aliphatic heterocycles. The highest BCUT2D eigenvalue weighted by Crippen LogP contribution is 2.29. The van der Waals surface area contributed by atoms with Gasteiger partial charge in [-0.05, 0) is 80.8 Å². The van der Waals surface area contributed by atoms with E-state index in [2.05, 4.69) is 27.7 Å². The van der Waals surface area contributed by atoms with Crippen LogP contribution in [0.2, 0.25) is 0 Å². The van der Waals surface area contributed by atoms with Gasteiger partial charge >= 0.3 is 12.1 Å². The number of likely N-dealkylation sites (tertiary alicyclic amines) is 1. The number of hydrogen-bond donors (Lipinski definition) is 3. The first-order chi connectivity index (χ1) is 17.2. The number of pyridine rings is 1. The normalized spacial score (nSPS) is 18.8. The monoisotopic (exact) mass is 504 g/mol. The van der Waals surface area contributed by atoms with Crippen LogP contribution in [0.15, 0.2) is 36.4 Å². The van der Waals surface area contributed by atoms with Crippen molar-refractivity contribution in [1.82, 2.24) is 15.2 Å². The molecule has 1 saturated heterocycles. The van der Waals surface area contributed by atoms with Crippen LogP contribution in [0.1, 0.15) is 52.9 Å². The lowest BCUT2D eigenvalue weighted by atomic mass is 10.00. The van der Waals surface area contributed by atoms with Gasteiger partial charge in [0.2, 0.25) is 0 Å². The van der Waals surface area contributed by atoms with Gasteiger partial charge in [0.15, 0.2) is 0 Å². The predicted molar refractivity (Wildman–Crippen MR) is 129 cm³/mol. The summed E-state index contributed by atoms with van der Waals surface area (Å²) >= 11 is 0. The Labute approximate surface area is 208 Å². The second-order valence-corrected chi connectivity index (χ2v) is 9.57. The Morgan fingerprint density at radius 2 is 2.08 bits per heavy atom. The van der Waals surface area contributed by atoms with Crippen molar-refractivity contribution in [2.24, 2.45) is 5.92 Å². The van der Waals surface area contributed by atoms with Gasteiger partial charge in [-0.1, -0.05) is 12.1 Å². The van der Waals surface area contributed by atoms with Gasteiger partial charge in [-0.3, -0.25) is 4.79 Å². The SMILES string of the molecule is O=C(N[C@@H](CCN1CC[C@@H](CCc2ccc3c(n2)NCCC3)C1)C(=O)O)c1cccc(C(F)(F)F)c1. The van der Waals surface area contributed by atoms with Crippen molar-refractivity contribution < 1.29 is 27.9 Å². The Hall–Kier alpha value is -3.14. The van der Waals surface area contributed by atoms with E-state index in [0.29, 0.717) is 12.5 Å². The molecule has 0 spiro atoms. The minimum Gasteiger partial charge on any atom is -0.480 e. The first kappa shape index (κ1) is 25.9. The summed E-state index contributed by atoms with van der Waals surface area (Å²) in [5.74, 6) is -0.560. The highest BCUT2D eigenvalue weighted by Gasteiger charge is 2.31. The van der Waals surface area contributed by atoms with Crippen molar-refractivity contribution in [1.29, 1.82) is 0 Å². The number of halogens is 3. The fraction of sp³-hybridized carbons (Fsp3) is 0.500. The predicted octanol–water partition coefficient (Wildman–Crippen LogP) is 3.99. The third kappa shape index (κ3) is 6.75. The van der Waals surface area contributed by atoms with Crippen LogP contribution in [-0.4, -0.2) is 59.1 Å². The molecule has 3 heterocycles. The summed E-state index contributed by atoms with van der Waals surface area (Å²) in [6.07, 6.45) is 0.674. The Bertz CT molecular complexity index is 1090. The minimum atomic E-state index is -4.58. The van der Waals surface area contributed by atoms with E-state index in [4.69, 9.17) is 4.98 Å². The van der Waals surface area contributed by atoms with Crippen molar-refractivity contribution in [3.8, 4) is 0 Å². The number of hydrogen-bond acceptors (Lipinski definition) is 5. The number of fused-ring (bicyclic) bond motifs is 1. The molecule has 194 valence electrons. The Morgan fingerprint density at radius 3 is 2.86 bits per heavy atom. The van der Waals surface area contributed by atoms with Crippen LogP contribution in [0, 0.1) is 5.92 Å². The van der Waals surface area contributed by atoms with Gasteiger partial charge < -0.3 is 20.6 Å².